The number of nitrogens with two attached hydrogens (primary N) is 1. The summed E-state index contributed by atoms with van der Waals surface area (Å²) in [6, 6.07) is 9.36. The number of pyridine rings is 1. The van der Waals surface area contributed by atoms with Crippen molar-refractivity contribution < 1.29 is 4.79 Å². The SMILES string of the molecule is CC(C)(Cc1cc2ccccc2[nH]c1=O)C(N)=O. The normalized spacial score (nSPS) is 11.7. The molecule has 0 bridgehead atoms. The molecule has 1 heterocycles. The number of hydrogen-bond donors (Lipinski definition) is 2. The van der Waals surface area contributed by atoms with Crippen LogP contribution in [-0.4, -0.2) is 10.9 Å². The standard InChI is InChI=1S/C14H16N2O2/c1-14(2,13(15)18)8-10-7-9-5-3-4-6-11(9)16-12(10)17/h3-7H,8H2,1-2H3,(H2,15,18)(H,16,17). The summed E-state index contributed by atoms with van der Waals surface area (Å²) < 4.78 is 0. The Bertz CT molecular complexity index is 656. The minimum Gasteiger partial charge on any atom is -0.369 e. The summed E-state index contributed by atoms with van der Waals surface area (Å²) in [5, 5.41) is 0.951. The molecule has 18 heavy (non-hydrogen) atoms. The summed E-state index contributed by atoms with van der Waals surface area (Å²) in [5.41, 5.74) is 5.81. The Morgan fingerprint density at radius 3 is 2.67 bits per heavy atom. The second-order valence-electron chi connectivity index (χ2n) is 5.14. The van der Waals surface area contributed by atoms with Crippen LogP contribution >= 0.6 is 0 Å². The van der Waals surface area contributed by atoms with Gasteiger partial charge in [0, 0.05) is 16.5 Å². The van der Waals surface area contributed by atoms with Crippen LogP contribution in [0.5, 0.6) is 0 Å². The summed E-state index contributed by atoms with van der Waals surface area (Å²) in [6.45, 7) is 3.48. The van der Waals surface area contributed by atoms with Crippen molar-refractivity contribution >= 4 is 16.8 Å². The van der Waals surface area contributed by atoms with Gasteiger partial charge in [0.25, 0.3) is 5.56 Å². The number of amides is 1. The van der Waals surface area contributed by atoms with Gasteiger partial charge < -0.3 is 10.7 Å². The lowest BCUT2D eigenvalue weighted by molar-refractivity contribution is -0.125. The Kier molecular flexibility index (Phi) is 2.95. The first-order chi connectivity index (χ1) is 8.40. The molecular formula is C14H16N2O2. The topological polar surface area (TPSA) is 75.9 Å². The van der Waals surface area contributed by atoms with Crippen molar-refractivity contribution in [2.45, 2.75) is 20.3 Å². The third kappa shape index (κ3) is 2.27. The van der Waals surface area contributed by atoms with Gasteiger partial charge in [0.05, 0.1) is 0 Å². The molecule has 1 aromatic carbocycles. The molecule has 0 saturated carbocycles. The van der Waals surface area contributed by atoms with Gasteiger partial charge >= 0.3 is 0 Å². The highest BCUT2D eigenvalue weighted by molar-refractivity contribution is 5.81. The molecule has 0 atom stereocenters. The first-order valence-corrected chi connectivity index (χ1v) is 5.81. The van der Waals surface area contributed by atoms with Gasteiger partial charge in [-0.05, 0) is 23.9 Å². The maximum Gasteiger partial charge on any atom is 0.251 e. The van der Waals surface area contributed by atoms with Crippen molar-refractivity contribution in [3.8, 4) is 0 Å². The van der Waals surface area contributed by atoms with Crippen molar-refractivity contribution in [3.63, 3.8) is 0 Å². The molecule has 0 radical (unpaired) electrons. The zero-order valence-corrected chi connectivity index (χ0v) is 10.5. The third-order valence-electron chi connectivity index (χ3n) is 3.13. The van der Waals surface area contributed by atoms with Gasteiger partial charge in [-0.25, -0.2) is 0 Å². The molecule has 1 amide bonds. The number of nitrogens with one attached hydrogen (secondary N) is 1. The van der Waals surface area contributed by atoms with E-state index in [1.165, 1.54) is 0 Å². The molecular weight excluding hydrogens is 228 g/mol. The molecule has 0 aliphatic carbocycles. The first-order valence-electron chi connectivity index (χ1n) is 5.81. The molecule has 0 aliphatic rings. The average molecular weight is 244 g/mol. The number of rotatable bonds is 3. The molecule has 2 rings (SSSR count). The van der Waals surface area contributed by atoms with E-state index in [0.717, 1.165) is 10.9 Å². The van der Waals surface area contributed by atoms with Gasteiger partial charge in [-0.15, -0.1) is 0 Å². The zero-order valence-electron chi connectivity index (χ0n) is 10.5. The molecule has 2 aromatic rings. The fourth-order valence-corrected chi connectivity index (χ4v) is 1.89. The van der Waals surface area contributed by atoms with E-state index in [-0.39, 0.29) is 5.56 Å². The van der Waals surface area contributed by atoms with Crippen molar-refractivity contribution in [2.75, 3.05) is 0 Å². The van der Waals surface area contributed by atoms with Gasteiger partial charge in [-0.1, -0.05) is 32.0 Å². The Hall–Kier alpha value is -2.10. The molecule has 0 aliphatic heterocycles. The van der Waals surface area contributed by atoms with E-state index in [9.17, 15) is 9.59 Å². The van der Waals surface area contributed by atoms with Crippen LogP contribution in [-0.2, 0) is 11.2 Å². The Morgan fingerprint density at radius 2 is 2.00 bits per heavy atom. The van der Waals surface area contributed by atoms with Gasteiger partial charge in [0.1, 0.15) is 0 Å². The molecule has 0 unspecified atom stereocenters. The highest BCUT2D eigenvalue weighted by Crippen LogP contribution is 2.21. The van der Waals surface area contributed by atoms with Crippen LogP contribution in [0.15, 0.2) is 35.1 Å². The number of aromatic amines is 1. The van der Waals surface area contributed by atoms with Gasteiger partial charge in [-0.3, -0.25) is 9.59 Å². The number of primary amides is 1. The number of para-hydroxylation sites is 1. The molecule has 0 saturated heterocycles. The van der Waals surface area contributed by atoms with E-state index in [1.54, 1.807) is 13.8 Å². The van der Waals surface area contributed by atoms with Crippen LogP contribution in [0.4, 0.5) is 0 Å². The molecule has 4 nitrogen and oxygen atoms in total. The van der Waals surface area contributed by atoms with Crippen molar-refractivity contribution in [2.24, 2.45) is 11.1 Å². The smallest absolute Gasteiger partial charge is 0.251 e. The minimum atomic E-state index is -0.727. The maximum atomic E-state index is 11.9. The zero-order chi connectivity index (χ0) is 13.3. The number of benzene rings is 1. The van der Waals surface area contributed by atoms with Crippen molar-refractivity contribution in [1.82, 2.24) is 4.98 Å². The van der Waals surface area contributed by atoms with Crippen LogP contribution in [0.2, 0.25) is 0 Å². The fourth-order valence-electron chi connectivity index (χ4n) is 1.89. The molecule has 3 N–H and O–H groups in total. The summed E-state index contributed by atoms with van der Waals surface area (Å²) in [7, 11) is 0. The predicted molar refractivity (Wildman–Crippen MR) is 71.2 cm³/mol. The number of carbonyl (C=O) groups excluding carboxylic acids is 1. The quantitative estimate of drug-likeness (QED) is 0.860. The molecule has 1 aromatic heterocycles. The second-order valence-corrected chi connectivity index (χ2v) is 5.14. The number of hydrogen-bond acceptors (Lipinski definition) is 2. The molecule has 4 heteroatoms. The summed E-state index contributed by atoms with van der Waals surface area (Å²) in [5.74, 6) is -0.407. The van der Waals surface area contributed by atoms with E-state index >= 15 is 0 Å². The van der Waals surface area contributed by atoms with E-state index in [1.807, 2.05) is 30.3 Å². The number of aromatic nitrogens is 1. The van der Waals surface area contributed by atoms with Crippen molar-refractivity contribution in [3.05, 3.63) is 46.2 Å². The lowest BCUT2D eigenvalue weighted by Crippen LogP contribution is -2.35. The summed E-state index contributed by atoms with van der Waals surface area (Å²) in [6.07, 6.45) is 0.336. The van der Waals surface area contributed by atoms with E-state index in [4.69, 9.17) is 5.73 Å². The van der Waals surface area contributed by atoms with Crippen LogP contribution in [0.1, 0.15) is 19.4 Å². The minimum absolute atomic E-state index is 0.164. The number of H-pyrrole nitrogens is 1. The lowest BCUT2D eigenvalue weighted by Gasteiger charge is -2.19. The first kappa shape index (κ1) is 12.4. The summed E-state index contributed by atoms with van der Waals surface area (Å²) >= 11 is 0. The molecule has 0 fully saturated rings. The Balaban J connectivity index is 2.49. The maximum absolute atomic E-state index is 11.9. The van der Waals surface area contributed by atoms with Crippen LogP contribution in [0.3, 0.4) is 0 Å². The van der Waals surface area contributed by atoms with Crippen LogP contribution in [0.25, 0.3) is 10.9 Å². The van der Waals surface area contributed by atoms with Gasteiger partial charge in [-0.2, -0.15) is 0 Å². The molecule has 94 valence electrons. The predicted octanol–water partition coefficient (Wildman–Crippen LogP) is 1.58. The number of fused-ring (bicyclic) bond motifs is 1. The highest BCUT2D eigenvalue weighted by Gasteiger charge is 2.26. The van der Waals surface area contributed by atoms with Crippen LogP contribution < -0.4 is 11.3 Å². The van der Waals surface area contributed by atoms with Gasteiger partial charge in [0.15, 0.2) is 0 Å². The summed E-state index contributed by atoms with van der Waals surface area (Å²) in [4.78, 5) is 26.0. The fraction of sp³-hybridized carbons (Fsp3) is 0.286. The third-order valence-corrected chi connectivity index (χ3v) is 3.13. The Labute approximate surface area is 105 Å². The van der Waals surface area contributed by atoms with E-state index < -0.39 is 11.3 Å². The average Bonchev–Trinajstić information content (AvgIpc) is 2.29. The second kappa shape index (κ2) is 4.29. The van der Waals surface area contributed by atoms with E-state index in [0.29, 0.717) is 12.0 Å². The largest absolute Gasteiger partial charge is 0.369 e. The highest BCUT2D eigenvalue weighted by atomic mass is 16.1. The van der Waals surface area contributed by atoms with Crippen LogP contribution in [0, 0.1) is 5.41 Å². The van der Waals surface area contributed by atoms with Crippen molar-refractivity contribution in [1.29, 1.82) is 0 Å². The number of carbonyl (C=O) groups is 1. The van der Waals surface area contributed by atoms with Gasteiger partial charge in [0.2, 0.25) is 5.91 Å². The monoisotopic (exact) mass is 244 g/mol. The Morgan fingerprint density at radius 1 is 1.33 bits per heavy atom. The van der Waals surface area contributed by atoms with E-state index in [2.05, 4.69) is 4.98 Å². The lowest BCUT2D eigenvalue weighted by atomic mass is 9.85. The molecule has 0 spiro atoms.